The van der Waals surface area contributed by atoms with Crippen LogP contribution < -0.4 is 5.43 Å². The highest BCUT2D eigenvalue weighted by Gasteiger charge is 2.22. The molecule has 1 heterocycles. The minimum absolute atomic E-state index is 0.0220. The molecule has 3 aromatic rings. The molecule has 0 aliphatic rings. The molecular weight excluding hydrogens is 448 g/mol. The van der Waals surface area contributed by atoms with Crippen molar-refractivity contribution in [2.45, 2.75) is 77.6 Å². The van der Waals surface area contributed by atoms with Crippen molar-refractivity contribution in [2.24, 2.45) is 0 Å². The summed E-state index contributed by atoms with van der Waals surface area (Å²) in [5, 5.41) is 50.2. The third-order valence-electron chi connectivity index (χ3n) is 6.51. The number of phenolic OH excluding ortho intramolecular Hbond substituents is 3. The molecule has 7 heteroatoms. The Bertz CT molecular complexity index is 1200. The number of fused-ring (bicyclic) bond motifs is 1. The number of hydrogen-bond acceptors (Lipinski definition) is 7. The fourth-order valence-electron chi connectivity index (χ4n) is 4.42. The van der Waals surface area contributed by atoms with Crippen molar-refractivity contribution in [3.8, 4) is 34.3 Å². The molecule has 0 spiro atoms. The fraction of sp³-hybridized carbons (Fsp3) is 0.464. The van der Waals surface area contributed by atoms with Crippen molar-refractivity contribution in [2.75, 3.05) is 6.61 Å². The largest absolute Gasteiger partial charge is 0.508 e. The maximum atomic E-state index is 12.9. The SMILES string of the molecule is Cc1cc(-c2oc3cc(O)c(CCCCCCCCCCCCO)c(O)c3c(=O)c2O)ccc1O. The van der Waals surface area contributed by atoms with E-state index in [1.807, 2.05) is 0 Å². The molecule has 0 radical (unpaired) electrons. The Morgan fingerprint density at radius 2 is 1.34 bits per heavy atom. The van der Waals surface area contributed by atoms with Crippen LogP contribution in [-0.2, 0) is 6.42 Å². The highest BCUT2D eigenvalue weighted by Crippen LogP contribution is 2.39. The van der Waals surface area contributed by atoms with E-state index in [0.29, 0.717) is 17.5 Å². The van der Waals surface area contributed by atoms with Gasteiger partial charge in [0.1, 0.15) is 28.2 Å². The van der Waals surface area contributed by atoms with E-state index in [-0.39, 0.29) is 46.1 Å². The Labute approximate surface area is 205 Å². The lowest BCUT2D eigenvalue weighted by atomic mass is 10.00. The van der Waals surface area contributed by atoms with Gasteiger partial charge < -0.3 is 29.9 Å². The minimum atomic E-state index is -0.773. The number of aromatic hydroxyl groups is 4. The third kappa shape index (κ3) is 6.48. The van der Waals surface area contributed by atoms with Crippen molar-refractivity contribution < 1.29 is 29.9 Å². The van der Waals surface area contributed by atoms with E-state index in [4.69, 9.17) is 9.52 Å². The summed E-state index contributed by atoms with van der Waals surface area (Å²) >= 11 is 0. The minimum Gasteiger partial charge on any atom is -0.508 e. The normalized spacial score (nSPS) is 11.4. The summed E-state index contributed by atoms with van der Waals surface area (Å²) in [6, 6.07) is 5.83. The van der Waals surface area contributed by atoms with Gasteiger partial charge in [-0.3, -0.25) is 4.79 Å². The lowest BCUT2D eigenvalue weighted by molar-refractivity contribution is 0.282. The van der Waals surface area contributed by atoms with E-state index in [2.05, 4.69) is 0 Å². The molecule has 3 rings (SSSR count). The molecule has 0 atom stereocenters. The van der Waals surface area contributed by atoms with Crippen LogP contribution in [0.1, 0.15) is 75.3 Å². The van der Waals surface area contributed by atoms with Crippen LogP contribution in [0.2, 0.25) is 0 Å². The average molecular weight is 485 g/mol. The molecule has 0 bridgehead atoms. The lowest BCUT2D eigenvalue weighted by Gasteiger charge is -2.12. The smallest absolute Gasteiger partial charge is 0.238 e. The summed E-state index contributed by atoms with van der Waals surface area (Å²) in [7, 11) is 0. The summed E-state index contributed by atoms with van der Waals surface area (Å²) in [4.78, 5) is 12.9. The number of benzene rings is 2. The molecule has 0 saturated heterocycles. The first kappa shape index (κ1) is 26.4. The number of rotatable bonds is 13. The predicted octanol–water partition coefficient (Wildman–Crippen LogP) is 6.03. The first-order valence-electron chi connectivity index (χ1n) is 12.5. The summed E-state index contributed by atoms with van der Waals surface area (Å²) < 4.78 is 5.72. The molecule has 0 unspecified atom stereocenters. The second-order valence-electron chi connectivity index (χ2n) is 9.22. The first-order valence-corrected chi connectivity index (χ1v) is 12.5. The number of unbranched alkanes of at least 4 members (excludes halogenated alkanes) is 9. The second kappa shape index (κ2) is 12.5. The second-order valence-corrected chi connectivity index (χ2v) is 9.22. The van der Waals surface area contributed by atoms with Crippen molar-refractivity contribution in [1.82, 2.24) is 0 Å². The molecule has 0 amide bonds. The molecule has 0 aliphatic heterocycles. The van der Waals surface area contributed by atoms with Crippen LogP contribution in [0.3, 0.4) is 0 Å². The first-order chi connectivity index (χ1) is 16.8. The van der Waals surface area contributed by atoms with E-state index < -0.39 is 11.2 Å². The van der Waals surface area contributed by atoms with E-state index in [1.165, 1.54) is 43.9 Å². The van der Waals surface area contributed by atoms with Crippen molar-refractivity contribution in [1.29, 1.82) is 0 Å². The summed E-state index contributed by atoms with van der Waals surface area (Å²) in [5.41, 5.74) is 0.422. The van der Waals surface area contributed by atoms with Crippen molar-refractivity contribution in [3.05, 3.63) is 45.6 Å². The Balaban J connectivity index is 1.65. The Morgan fingerprint density at radius 3 is 1.94 bits per heavy atom. The van der Waals surface area contributed by atoms with Crippen molar-refractivity contribution >= 4 is 11.0 Å². The highest BCUT2D eigenvalue weighted by atomic mass is 16.4. The standard InChI is InChI=1S/C28H36O7/c1-18-16-19(13-14-21(18)30)28-27(34)26(33)24-23(35-28)17-22(31)20(25(24)32)12-10-8-6-4-2-3-5-7-9-11-15-29/h13-14,16-17,29-32,34H,2-12,15H2,1H3. The van der Waals surface area contributed by atoms with Gasteiger partial charge in [0.15, 0.2) is 5.76 Å². The molecule has 5 N–H and O–H groups in total. The van der Waals surface area contributed by atoms with Crippen LogP contribution in [-0.4, -0.2) is 32.1 Å². The fourth-order valence-corrected chi connectivity index (χ4v) is 4.42. The topological polar surface area (TPSA) is 131 Å². The number of aliphatic hydroxyl groups is 1. The van der Waals surface area contributed by atoms with Crippen LogP contribution in [0, 0.1) is 6.92 Å². The molecule has 0 aliphatic carbocycles. The van der Waals surface area contributed by atoms with Gasteiger partial charge in [-0.15, -0.1) is 0 Å². The Morgan fingerprint density at radius 1 is 0.743 bits per heavy atom. The monoisotopic (exact) mass is 484 g/mol. The number of aliphatic hydroxyl groups excluding tert-OH is 1. The number of phenols is 3. The quantitative estimate of drug-likeness (QED) is 0.187. The molecule has 2 aromatic carbocycles. The Kier molecular flexibility index (Phi) is 9.43. The Hall–Kier alpha value is -3.19. The third-order valence-corrected chi connectivity index (χ3v) is 6.51. The average Bonchev–Trinajstić information content (AvgIpc) is 2.83. The number of hydrogen-bond donors (Lipinski definition) is 5. The molecule has 190 valence electrons. The van der Waals surface area contributed by atoms with Crippen LogP contribution in [0.15, 0.2) is 33.5 Å². The summed E-state index contributed by atoms with van der Waals surface area (Å²) in [6.07, 6.45) is 11.0. The van der Waals surface area contributed by atoms with Crippen LogP contribution >= 0.6 is 0 Å². The molecule has 1 aromatic heterocycles. The van der Waals surface area contributed by atoms with Gasteiger partial charge in [0, 0.05) is 23.8 Å². The summed E-state index contributed by atoms with van der Waals surface area (Å²) in [5.74, 6) is -1.16. The predicted molar refractivity (Wildman–Crippen MR) is 136 cm³/mol. The van der Waals surface area contributed by atoms with Gasteiger partial charge in [-0.2, -0.15) is 0 Å². The zero-order valence-corrected chi connectivity index (χ0v) is 20.3. The highest BCUT2D eigenvalue weighted by molar-refractivity contribution is 5.89. The zero-order valence-electron chi connectivity index (χ0n) is 20.3. The van der Waals surface area contributed by atoms with Gasteiger partial charge in [-0.25, -0.2) is 0 Å². The molecular formula is C28H36O7. The maximum absolute atomic E-state index is 12.9. The molecule has 0 fully saturated rings. The van der Waals surface area contributed by atoms with E-state index in [9.17, 15) is 25.2 Å². The molecule has 0 saturated carbocycles. The van der Waals surface area contributed by atoms with E-state index >= 15 is 0 Å². The zero-order chi connectivity index (χ0) is 25.4. The van der Waals surface area contributed by atoms with Crippen LogP contribution in [0.25, 0.3) is 22.3 Å². The van der Waals surface area contributed by atoms with Crippen LogP contribution in [0.4, 0.5) is 0 Å². The summed E-state index contributed by atoms with van der Waals surface area (Å²) in [6.45, 7) is 1.95. The van der Waals surface area contributed by atoms with Gasteiger partial charge in [0.2, 0.25) is 11.2 Å². The number of aryl methyl sites for hydroxylation is 1. The van der Waals surface area contributed by atoms with Gasteiger partial charge in [-0.05, 0) is 49.9 Å². The van der Waals surface area contributed by atoms with Gasteiger partial charge in [0.25, 0.3) is 0 Å². The van der Waals surface area contributed by atoms with Gasteiger partial charge in [-0.1, -0.05) is 51.4 Å². The maximum Gasteiger partial charge on any atom is 0.238 e. The van der Waals surface area contributed by atoms with E-state index in [1.54, 1.807) is 13.0 Å². The molecule has 7 nitrogen and oxygen atoms in total. The van der Waals surface area contributed by atoms with Crippen molar-refractivity contribution in [3.63, 3.8) is 0 Å². The van der Waals surface area contributed by atoms with E-state index in [0.717, 1.165) is 38.5 Å². The van der Waals surface area contributed by atoms with Gasteiger partial charge >= 0.3 is 0 Å². The van der Waals surface area contributed by atoms with Crippen LogP contribution in [0.5, 0.6) is 23.0 Å². The molecule has 35 heavy (non-hydrogen) atoms. The lowest BCUT2D eigenvalue weighted by Crippen LogP contribution is -2.04. The van der Waals surface area contributed by atoms with Gasteiger partial charge in [0.05, 0.1) is 0 Å².